The van der Waals surface area contributed by atoms with Crippen LogP contribution in [0.25, 0.3) is 0 Å². The van der Waals surface area contributed by atoms with E-state index in [1.54, 1.807) is 23.4 Å². The highest BCUT2D eigenvalue weighted by molar-refractivity contribution is 7.99. The summed E-state index contributed by atoms with van der Waals surface area (Å²) in [5, 5.41) is 4.95. The van der Waals surface area contributed by atoms with Gasteiger partial charge < -0.3 is 0 Å². The molecule has 0 saturated heterocycles. The van der Waals surface area contributed by atoms with Crippen molar-refractivity contribution in [3.63, 3.8) is 0 Å². The van der Waals surface area contributed by atoms with E-state index in [2.05, 4.69) is 5.10 Å². The average molecular weight is 201 g/mol. The Balaban J connectivity index is 0.000000396. The van der Waals surface area contributed by atoms with Gasteiger partial charge in [0.1, 0.15) is 0 Å². The molecule has 0 spiro atoms. The summed E-state index contributed by atoms with van der Waals surface area (Å²) >= 11 is 1.65. The van der Waals surface area contributed by atoms with Gasteiger partial charge in [0.2, 0.25) is 0 Å². The highest BCUT2D eigenvalue weighted by Gasteiger charge is 2.14. The van der Waals surface area contributed by atoms with Gasteiger partial charge in [-0.05, 0) is 6.42 Å². The van der Waals surface area contributed by atoms with Gasteiger partial charge in [-0.1, -0.05) is 25.6 Å². The van der Waals surface area contributed by atoms with Gasteiger partial charge >= 0.3 is 5.69 Å². The normalized spacial score (nSPS) is 14.4. The smallest absolute Gasteiger partial charge is 0.270 e. The van der Waals surface area contributed by atoms with Crippen LogP contribution in [0.4, 0.5) is 0 Å². The van der Waals surface area contributed by atoms with E-state index in [4.69, 9.17) is 0 Å². The van der Waals surface area contributed by atoms with Gasteiger partial charge in [0.25, 0.3) is 0 Å². The standard InChI is InChI=1S/C6H9N3OS.C2H6/c1-8-6(10)9-3-2-4-11-5(9)7-8;1-2/h2-4H2,1H3;1-2H3. The zero-order valence-corrected chi connectivity index (χ0v) is 9.10. The molecule has 0 aliphatic carbocycles. The Morgan fingerprint density at radius 3 is 2.77 bits per heavy atom. The summed E-state index contributed by atoms with van der Waals surface area (Å²) < 4.78 is 3.13. The Labute approximate surface area is 81.9 Å². The van der Waals surface area contributed by atoms with Gasteiger partial charge in [0.15, 0.2) is 5.16 Å². The summed E-state index contributed by atoms with van der Waals surface area (Å²) in [4.78, 5) is 11.3. The van der Waals surface area contributed by atoms with Crippen molar-refractivity contribution in [2.45, 2.75) is 32.0 Å². The van der Waals surface area contributed by atoms with Crippen molar-refractivity contribution in [3.8, 4) is 0 Å². The quantitative estimate of drug-likeness (QED) is 0.631. The van der Waals surface area contributed by atoms with Gasteiger partial charge in [-0.15, -0.1) is 5.10 Å². The fourth-order valence-electron chi connectivity index (χ4n) is 1.17. The molecule has 0 saturated carbocycles. The van der Waals surface area contributed by atoms with Crippen LogP contribution in [0, 0.1) is 0 Å². The number of nitrogens with zero attached hydrogens (tertiary/aromatic N) is 3. The van der Waals surface area contributed by atoms with E-state index in [0.717, 1.165) is 23.9 Å². The van der Waals surface area contributed by atoms with Crippen LogP contribution >= 0.6 is 11.8 Å². The molecular formula is C8H15N3OS. The zero-order valence-electron chi connectivity index (χ0n) is 8.28. The molecule has 0 atom stereocenters. The van der Waals surface area contributed by atoms with Gasteiger partial charge in [-0.3, -0.25) is 4.57 Å². The molecule has 0 aromatic carbocycles. The highest BCUT2D eigenvalue weighted by Crippen LogP contribution is 2.19. The Morgan fingerprint density at radius 1 is 1.46 bits per heavy atom. The molecule has 0 bridgehead atoms. The lowest BCUT2D eigenvalue weighted by atomic mass is 10.5. The number of thioether (sulfide) groups is 1. The summed E-state index contributed by atoms with van der Waals surface area (Å²) in [6.07, 6.45) is 1.07. The molecule has 1 aromatic rings. The Kier molecular flexibility index (Phi) is 3.59. The third kappa shape index (κ3) is 1.96. The second-order valence-corrected chi connectivity index (χ2v) is 3.60. The van der Waals surface area contributed by atoms with Crippen LogP contribution in [0.1, 0.15) is 20.3 Å². The molecule has 1 aliphatic rings. The van der Waals surface area contributed by atoms with Crippen molar-refractivity contribution in [1.82, 2.24) is 14.3 Å². The molecule has 13 heavy (non-hydrogen) atoms. The maximum Gasteiger partial charge on any atom is 0.346 e. The van der Waals surface area contributed by atoms with Crippen LogP contribution in [-0.2, 0) is 13.6 Å². The molecule has 0 unspecified atom stereocenters. The van der Waals surface area contributed by atoms with Crippen molar-refractivity contribution in [2.24, 2.45) is 7.05 Å². The second kappa shape index (κ2) is 4.50. The first-order valence-corrected chi connectivity index (χ1v) is 5.54. The average Bonchev–Trinajstić information content (AvgIpc) is 2.47. The first-order chi connectivity index (χ1) is 6.29. The maximum atomic E-state index is 11.3. The summed E-state index contributed by atoms with van der Waals surface area (Å²) in [6, 6.07) is 0. The van der Waals surface area contributed by atoms with Crippen LogP contribution in [0.3, 0.4) is 0 Å². The summed E-state index contributed by atoms with van der Waals surface area (Å²) in [5.41, 5.74) is 0.00667. The fourth-order valence-corrected chi connectivity index (χ4v) is 2.13. The third-order valence-corrected chi connectivity index (χ3v) is 2.78. The number of aromatic nitrogens is 3. The predicted molar refractivity (Wildman–Crippen MR) is 54.2 cm³/mol. The van der Waals surface area contributed by atoms with E-state index < -0.39 is 0 Å². The topological polar surface area (TPSA) is 39.8 Å². The SMILES string of the molecule is CC.Cn1nc2n(c1=O)CCCS2. The Bertz CT molecular complexity index is 329. The minimum atomic E-state index is 0.00667. The molecule has 74 valence electrons. The van der Waals surface area contributed by atoms with E-state index in [0.29, 0.717) is 0 Å². The van der Waals surface area contributed by atoms with Crippen molar-refractivity contribution in [1.29, 1.82) is 0 Å². The van der Waals surface area contributed by atoms with E-state index >= 15 is 0 Å². The van der Waals surface area contributed by atoms with E-state index in [-0.39, 0.29) is 5.69 Å². The van der Waals surface area contributed by atoms with Gasteiger partial charge in [-0.25, -0.2) is 9.48 Å². The third-order valence-electron chi connectivity index (χ3n) is 1.73. The molecular weight excluding hydrogens is 186 g/mol. The lowest BCUT2D eigenvalue weighted by molar-refractivity contribution is 0.588. The number of hydrogen-bond acceptors (Lipinski definition) is 3. The van der Waals surface area contributed by atoms with Crippen LogP contribution < -0.4 is 5.69 Å². The van der Waals surface area contributed by atoms with Gasteiger partial charge in [-0.2, -0.15) is 0 Å². The van der Waals surface area contributed by atoms with Crippen molar-refractivity contribution in [2.75, 3.05) is 5.75 Å². The Morgan fingerprint density at radius 2 is 2.15 bits per heavy atom. The molecule has 1 aromatic heterocycles. The summed E-state index contributed by atoms with van der Waals surface area (Å²) in [6.45, 7) is 4.83. The van der Waals surface area contributed by atoms with Crippen LogP contribution in [0.2, 0.25) is 0 Å². The van der Waals surface area contributed by atoms with Crippen LogP contribution in [0.15, 0.2) is 9.95 Å². The lowest BCUT2D eigenvalue weighted by Gasteiger charge is -2.09. The van der Waals surface area contributed by atoms with E-state index in [9.17, 15) is 4.79 Å². The van der Waals surface area contributed by atoms with Crippen molar-refractivity contribution < 1.29 is 0 Å². The molecule has 2 rings (SSSR count). The summed E-state index contributed by atoms with van der Waals surface area (Å²) in [5.74, 6) is 1.08. The molecule has 0 amide bonds. The predicted octanol–water partition coefficient (Wildman–Crippen LogP) is 1.10. The largest absolute Gasteiger partial charge is 0.346 e. The number of fused-ring (bicyclic) bond motifs is 1. The van der Waals surface area contributed by atoms with Crippen molar-refractivity contribution >= 4 is 11.8 Å². The second-order valence-electron chi connectivity index (χ2n) is 2.54. The van der Waals surface area contributed by atoms with Crippen LogP contribution in [-0.4, -0.2) is 20.1 Å². The fraction of sp³-hybridized carbons (Fsp3) is 0.750. The highest BCUT2D eigenvalue weighted by atomic mass is 32.2. The first-order valence-electron chi connectivity index (χ1n) is 4.55. The van der Waals surface area contributed by atoms with Gasteiger partial charge in [0.05, 0.1) is 0 Å². The Hall–Kier alpha value is -0.710. The molecule has 1 aliphatic heterocycles. The molecule has 0 fully saturated rings. The van der Waals surface area contributed by atoms with Crippen LogP contribution in [0.5, 0.6) is 0 Å². The molecule has 0 radical (unpaired) electrons. The number of rotatable bonds is 0. The zero-order chi connectivity index (χ0) is 9.84. The maximum absolute atomic E-state index is 11.3. The monoisotopic (exact) mass is 201 g/mol. The first kappa shape index (κ1) is 10.4. The minimum Gasteiger partial charge on any atom is -0.270 e. The lowest BCUT2D eigenvalue weighted by Crippen LogP contribution is -2.24. The molecule has 2 heterocycles. The summed E-state index contributed by atoms with van der Waals surface area (Å²) in [7, 11) is 1.69. The van der Waals surface area contributed by atoms with E-state index in [1.165, 1.54) is 4.68 Å². The van der Waals surface area contributed by atoms with Crippen molar-refractivity contribution in [3.05, 3.63) is 10.5 Å². The van der Waals surface area contributed by atoms with Gasteiger partial charge in [0, 0.05) is 19.3 Å². The molecule has 0 N–H and O–H groups in total. The number of hydrogen-bond donors (Lipinski definition) is 0. The van der Waals surface area contributed by atoms with E-state index in [1.807, 2.05) is 13.8 Å². The molecule has 5 heteroatoms. The number of aryl methyl sites for hydroxylation is 1. The minimum absolute atomic E-state index is 0.00667. The molecule has 4 nitrogen and oxygen atoms in total.